The summed E-state index contributed by atoms with van der Waals surface area (Å²) in [4.78, 5) is 29.0. The lowest BCUT2D eigenvalue weighted by Gasteiger charge is -2.15. The Morgan fingerprint density at radius 3 is 2.43 bits per heavy atom. The Hall–Kier alpha value is -3.89. The highest BCUT2D eigenvalue weighted by molar-refractivity contribution is 7.89. The molecule has 0 spiro atoms. The minimum atomic E-state index is -3.70. The van der Waals surface area contributed by atoms with Gasteiger partial charge < -0.3 is 9.67 Å². The van der Waals surface area contributed by atoms with Crippen molar-refractivity contribution in [3.63, 3.8) is 0 Å². The lowest BCUT2D eigenvalue weighted by Crippen LogP contribution is -2.25. The molecule has 2 aliphatic rings. The van der Waals surface area contributed by atoms with Crippen molar-refractivity contribution in [3.8, 4) is 11.3 Å². The molecule has 10 heteroatoms. The Morgan fingerprint density at radius 2 is 1.76 bits per heavy atom. The summed E-state index contributed by atoms with van der Waals surface area (Å²) < 4.78 is 44.6. The summed E-state index contributed by atoms with van der Waals surface area (Å²) in [6.07, 6.45) is 2.92. The first kappa shape index (κ1) is 23.5. The first-order valence-electron chi connectivity index (χ1n) is 11.8. The van der Waals surface area contributed by atoms with Gasteiger partial charge in [-0.05, 0) is 55.2 Å². The van der Waals surface area contributed by atoms with Gasteiger partial charge in [-0.25, -0.2) is 22.6 Å². The van der Waals surface area contributed by atoms with Gasteiger partial charge in [-0.2, -0.15) is 4.31 Å². The largest absolute Gasteiger partial charge is 0.477 e. The monoisotopic (exact) mass is 519 g/mol. The molecule has 1 saturated carbocycles. The molecule has 0 unspecified atom stereocenters. The van der Waals surface area contributed by atoms with Crippen LogP contribution >= 0.6 is 0 Å². The number of pyridine rings is 2. The predicted octanol–water partition coefficient (Wildman–Crippen LogP) is 4.25. The van der Waals surface area contributed by atoms with Gasteiger partial charge in [-0.15, -0.1) is 0 Å². The normalized spacial score (nSPS) is 15.7. The van der Waals surface area contributed by atoms with E-state index in [2.05, 4.69) is 4.98 Å². The molecule has 3 heterocycles. The molecule has 1 aliphatic carbocycles. The third-order valence-corrected chi connectivity index (χ3v) is 8.77. The lowest BCUT2D eigenvalue weighted by molar-refractivity contribution is 0.0694. The highest BCUT2D eigenvalue weighted by Crippen LogP contribution is 2.38. The van der Waals surface area contributed by atoms with E-state index >= 15 is 4.39 Å². The number of carboxylic acid groups (broad SMARTS) is 1. The van der Waals surface area contributed by atoms with Gasteiger partial charge in [0.05, 0.1) is 10.3 Å². The number of carbonyl (C=O) groups is 1. The van der Waals surface area contributed by atoms with Gasteiger partial charge >= 0.3 is 5.97 Å². The van der Waals surface area contributed by atoms with E-state index in [-0.39, 0.29) is 40.8 Å². The fourth-order valence-corrected chi connectivity index (χ4v) is 6.17. The topological polar surface area (TPSA) is 110 Å². The van der Waals surface area contributed by atoms with Crippen LogP contribution in [0.2, 0.25) is 0 Å². The molecule has 1 fully saturated rings. The standard InChI is InChI=1S/C27H22FN3O5S/c1-15-2-8-20(9-3-15)37(35,36)30-12-17-5-4-16(10-18(17)13-30)24-23(28)11-21-25(32)22(27(33)34)14-31(19-6-7-19)26(21)29-24/h2-5,8-11,14,19H,6-7,12-13H2,1H3,(H,33,34). The lowest BCUT2D eigenvalue weighted by atomic mass is 10.0. The van der Waals surface area contributed by atoms with E-state index < -0.39 is 32.8 Å². The predicted molar refractivity (Wildman–Crippen MR) is 134 cm³/mol. The molecule has 1 aliphatic heterocycles. The van der Waals surface area contributed by atoms with Crippen LogP contribution in [-0.4, -0.2) is 33.3 Å². The number of halogens is 1. The van der Waals surface area contributed by atoms with Crippen molar-refractivity contribution in [2.45, 2.75) is 43.8 Å². The van der Waals surface area contributed by atoms with Crippen molar-refractivity contribution in [1.82, 2.24) is 13.9 Å². The SMILES string of the molecule is Cc1ccc(S(=O)(=O)N2Cc3ccc(-c4nc5c(cc4F)c(=O)c(C(=O)O)cn5C4CC4)cc3C2)cc1. The molecular weight excluding hydrogens is 497 g/mol. The van der Waals surface area contributed by atoms with Gasteiger partial charge in [0.25, 0.3) is 0 Å². The Morgan fingerprint density at radius 1 is 1.05 bits per heavy atom. The second kappa shape index (κ2) is 8.32. The molecule has 0 bridgehead atoms. The molecule has 2 aromatic heterocycles. The molecular formula is C27H22FN3O5S. The van der Waals surface area contributed by atoms with Crippen molar-refractivity contribution < 1.29 is 22.7 Å². The molecule has 6 rings (SSSR count). The summed E-state index contributed by atoms with van der Waals surface area (Å²) in [6.45, 7) is 2.24. The highest BCUT2D eigenvalue weighted by atomic mass is 32.2. The van der Waals surface area contributed by atoms with Crippen molar-refractivity contribution in [3.05, 3.63) is 93.0 Å². The number of rotatable bonds is 5. The van der Waals surface area contributed by atoms with Crippen LogP contribution in [0.25, 0.3) is 22.3 Å². The molecule has 0 amide bonds. The number of carboxylic acids is 1. The number of benzene rings is 2. The fourth-order valence-electron chi connectivity index (χ4n) is 4.77. The molecule has 188 valence electrons. The summed E-state index contributed by atoms with van der Waals surface area (Å²) in [7, 11) is -3.70. The number of nitrogens with zero attached hydrogens (tertiary/aromatic N) is 3. The van der Waals surface area contributed by atoms with Crippen LogP contribution < -0.4 is 5.43 Å². The van der Waals surface area contributed by atoms with E-state index in [1.807, 2.05) is 6.92 Å². The van der Waals surface area contributed by atoms with Crippen molar-refractivity contribution in [1.29, 1.82) is 0 Å². The first-order valence-corrected chi connectivity index (χ1v) is 13.2. The van der Waals surface area contributed by atoms with Gasteiger partial charge in [0, 0.05) is 30.9 Å². The van der Waals surface area contributed by atoms with Crippen molar-refractivity contribution >= 4 is 27.0 Å². The van der Waals surface area contributed by atoms with Crippen molar-refractivity contribution in [2.24, 2.45) is 0 Å². The summed E-state index contributed by atoms with van der Waals surface area (Å²) >= 11 is 0. The van der Waals surface area contributed by atoms with E-state index in [9.17, 15) is 23.1 Å². The van der Waals surface area contributed by atoms with Gasteiger partial charge in [0.1, 0.15) is 22.7 Å². The zero-order chi connectivity index (χ0) is 26.1. The average Bonchev–Trinajstić information content (AvgIpc) is 3.61. The molecule has 37 heavy (non-hydrogen) atoms. The Bertz CT molecular complexity index is 1780. The summed E-state index contributed by atoms with van der Waals surface area (Å²) in [6, 6.07) is 12.9. The highest BCUT2D eigenvalue weighted by Gasteiger charge is 2.32. The third-order valence-electron chi connectivity index (χ3n) is 6.96. The Balaban J connectivity index is 1.40. The summed E-state index contributed by atoms with van der Waals surface area (Å²) in [5.74, 6) is -2.12. The summed E-state index contributed by atoms with van der Waals surface area (Å²) in [5.41, 5.74) is 2.04. The molecule has 0 radical (unpaired) electrons. The number of hydrogen-bond acceptors (Lipinski definition) is 5. The zero-order valence-corrected chi connectivity index (χ0v) is 20.6. The average molecular weight is 520 g/mol. The summed E-state index contributed by atoms with van der Waals surface area (Å²) in [5, 5.41) is 9.35. The van der Waals surface area contributed by atoms with Gasteiger partial charge in [0.2, 0.25) is 15.5 Å². The van der Waals surface area contributed by atoms with E-state index in [0.29, 0.717) is 5.56 Å². The molecule has 0 saturated heterocycles. The van der Waals surface area contributed by atoms with Crippen LogP contribution in [0.1, 0.15) is 45.9 Å². The Labute approximate surface area is 211 Å². The number of aryl methyl sites for hydroxylation is 1. The van der Waals surface area contributed by atoms with Crippen molar-refractivity contribution in [2.75, 3.05) is 0 Å². The molecule has 4 aromatic rings. The van der Waals surface area contributed by atoms with Crippen LogP contribution in [0.3, 0.4) is 0 Å². The van der Waals surface area contributed by atoms with Crippen LogP contribution in [0.4, 0.5) is 4.39 Å². The second-order valence-corrected chi connectivity index (χ2v) is 11.5. The van der Waals surface area contributed by atoms with Crippen LogP contribution in [-0.2, 0) is 23.1 Å². The maximum Gasteiger partial charge on any atom is 0.341 e. The maximum absolute atomic E-state index is 15.3. The van der Waals surface area contributed by atoms with E-state index in [1.54, 1.807) is 47.0 Å². The van der Waals surface area contributed by atoms with Crippen LogP contribution in [0.5, 0.6) is 0 Å². The van der Waals surface area contributed by atoms with Crippen LogP contribution in [0, 0.1) is 12.7 Å². The van der Waals surface area contributed by atoms with E-state index in [1.165, 1.54) is 10.5 Å². The van der Waals surface area contributed by atoms with Gasteiger partial charge in [0.15, 0.2) is 0 Å². The first-order chi connectivity index (χ1) is 17.6. The second-order valence-electron chi connectivity index (χ2n) is 9.58. The quantitative estimate of drug-likeness (QED) is 0.422. The number of fused-ring (bicyclic) bond motifs is 2. The van der Waals surface area contributed by atoms with Crippen LogP contribution in [0.15, 0.2) is 64.4 Å². The molecule has 8 nitrogen and oxygen atoms in total. The number of sulfonamides is 1. The Kier molecular flexibility index (Phi) is 5.29. The van der Waals surface area contributed by atoms with E-state index in [4.69, 9.17) is 0 Å². The van der Waals surface area contributed by atoms with Gasteiger partial charge in [-0.1, -0.05) is 29.8 Å². The zero-order valence-electron chi connectivity index (χ0n) is 19.8. The number of aromatic carboxylic acids is 1. The molecule has 0 atom stereocenters. The smallest absolute Gasteiger partial charge is 0.341 e. The third kappa shape index (κ3) is 3.93. The fraction of sp³-hybridized carbons (Fsp3) is 0.222. The molecule has 2 aromatic carbocycles. The minimum absolute atomic E-state index is 0.00701. The molecule has 1 N–H and O–H groups in total. The number of aromatic nitrogens is 2. The van der Waals surface area contributed by atoms with E-state index in [0.717, 1.165) is 35.6 Å². The minimum Gasteiger partial charge on any atom is -0.477 e. The van der Waals surface area contributed by atoms with Gasteiger partial charge in [-0.3, -0.25) is 4.79 Å². The maximum atomic E-state index is 15.3. The number of hydrogen-bond donors (Lipinski definition) is 1.